The van der Waals surface area contributed by atoms with Crippen LogP contribution in [0, 0.1) is 5.82 Å². The minimum absolute atomic E-state index is 0.306. The SMILES string of the molecule is CCc1nc2ccc(F)cn2c1N. The van der Waals surface area contributed by atoms with Crippen LogP contribution in [0.2, 0.25) is 0 Å². The zero-order valence-corrected chi connectivity index (χ0v) is 7.29. The van der Waals surface area contributed by atoms with Crippen LogP contribution >= 0.6 is 0 Å². The molecule has 0 saturated carbocycles. The van der Waals surface area contributed by atoms with Crippen LogP contribution in [0.5, 0.6) is 0 Å². The van der Waals surface area contributed by atoms with Gasteiger partial charge in [-0.05, 0) is 18.6 Å². The van der Waals surface area contributed by atoms with Crippen LogP contribution in [0.25, 0.3) is 5.65 Å². The lowest BCUT2D eigenvalue weighted by molar-refractivity contribution is 0.619. The van der Waals surface area contributed by atoms with E-state index in [9.17, 15) is 4.39 Å². The fourth-order valence-electron chi connectivity index (χ4n) is 1.35. The van der Waals surface area contributed by atoms with Crippen molar-refractivity contribution in [2.75, 3.05) is 5.73 Å². The molecule has 0 radical (unpaired) electrons. The molecule has 0 aromatic carbocycles. The Hall–Kier alpha value is -1.58. The van der Waals surface area contributed by atoms with E-state index in [2.05, 4.69) is 4.98 Å². The van der Waals surface area contributed by atoms with Gasteiger partial charge in [-0.2, -0.15) is 0 Å². The van der Waals surface area contributed by atoms with Gasteiger partial charge in [0.2, 0.25) is 0 Å². The van der Waals surface area contributed by atoms with Crippen molar-refractivity contribution >= 4 is 11.5 Å². The molecule has 0 atom stereocenters. The number of halogens is 1. The van der Waals surface area contributed by atoms with E-state index in [4.69, 9.17) is 5.73 Å². The van der Waals surface area contributed by atoms with Gasteiger partial charge in [0.1, 0.15) is 17.3 Å². The molecule has 0 spiro atoms. The summed E-state index contributed by atoms with van der Waals surface area (Å²) in [7, 11) is 0. The third kappa shape index (κ3) is 1.14. The summed E-state index contributed by atoms with van der Waals surface area (Å²) in [6.45, 7) is 1.97. The van der Waals surface area contributed by atoms with Crippen LogP contribution in [-0.2, 0) is 6.42 Å². The maximum Gasteiger partial charge on any atom is 0.140 e. The monoisotopic (exact) mass is 179 g/mol. The second kappa shape index (κ2) is 2.73. The van der Waals surface area contributed by atoms with Crippen molar-refractivity contribution in [1.82, 2.24) is 9.38 Å². The first-order valence-electron chi connectivity index (χ1n) is 4.14. The van der Waals surface area contributed by atoms with Crippen LogP contribution in [-0.4, -0.2) is 9.38 Å². The smallest absolute Gasteiger partial charge is 0.140 e. The predicted molar refractivity (Wildman–Crippen MR) is 48.9 cm³/mol. The molecular weight excluding hydrogens is 169 g/mol. The number of fused-ring (bicyclic) bond motifs is 1. The number of rotatable bonds is 1. The topological polar surface area (TPSA) is 43.3 Å². The molecule has 13 heavy (non-hydrogen) atoms. The van der Waals surface area contributed by atoms with E-state index >= 15 is 0 Å². The molecule has 0 aliphatic heterocycles. The number of aromatic nitrogens is 2. The summed E-state index contributed by atoms with van der Waals surface area (Å²) in [4.78, 5) is 4.24. The third-order valence-corrected chi connectivity index (χ3v) is 2.03. The summed E-state index contributed by atoms with van der Waals surface area (Å²) in [6, 6.07) is 2.99. The molecule has 2 aromatic heterocycles. The lowest BCUT2D eigenvalue weighted by atomic mass is 10.3. The van der Waals surface area contributed by atoms with Gasteiger partial charge in [0.05, 0.1) is 5.69 Å². The summed E-state index contributed by atoms with van der Waals surface area (Å²) in [5.74, 6) is 0.219. The summed E-state index contributed by atoms with van der Waals surface area (Å²) >= 11 is 0. The van der Waals surface area contributed by atoms with E-state index in [1.54, 1.807) is 10.5 Å². The molecule has 0 bridgehead atoms. The van der Waals surface area contributed by atoms with Gasteiger partial charge < -0.3 is 5.73 Å². The highest BCUT2D eigenvalue weighted by Gasteiger charge is 2.06. The van der Waals surface area contributed by atoms with Gasteiger partial charge >= 0.3 is 0 Å². The van der Waals surface area contributed by atoms with E-state index in [-0.39, 0.29) is 5.82 Å². The van der Waals surface area contributed by atoms with Gasteiger partial charge in [-0.25, -0.2) is 9.37 Å². The van der Waals surface area contributed by atoms with Crippen LogP contribution < -0.4 is 5.73 Å². The van der Waals surface area contributed by atoms with Crippen molar-refractivity contribution in [2.45, 2.75) is 13.3 Å². The van der Waals surface area contributed by atoms with E-state index < -0.39 is 0 Å². The summed E-state index contributed by atoms with van der Waals surface area (Å²) in [5, 5.41) is 0. The number of aryl methyl sites for hydroxylation is 1. The predicted octanol–water partition coefficient (Wildman–Crippen LogP) is 1.62. The van der Waals surface area contributed by atoms with Crippen molar-refractivity contribution in [3.05, 3.63) is 29.8 Å². The molecule has 2 aromatic rings. The van der Waals surface area contributed by atoms with Gasteiger partial charge in [-0.1, -0.05) is 6.92 Å². The third-order valence-electron chi connectivity index (χ3n) is 2.03. The molecule has 0 aliphatic rings. The van der Waals surface area contributed by atoms with Crippen molar-refractivity contribution in [2.24, 2.45) is 0 Å². The van der Waals surface area contributed by atoms with Crippen LogP contribution in [0.1, 0.15) is 12.6 Å². The summed E-state index contributed by atoms with van der Waals surface area (Å²) in [6.07, 6.45) is 2.10. The number of anilines is 1. The number of nitrogen functional groups attached to an aromatic ring is 1. The van der Waals surface area contributed by atoms with Crippen LogP contribution in [0.15, 0.2) is 18.3 Å². The van der Waals surface area contributed by atoms with Gasteiger partial charge in [-0.15, -0.1) is 0 Å². The fourth-order valence-corrected chi connectivity index (χ4v) is 1.35. The van der Waals surface area contributed by atoms with Gasteiger partial charge in [0.15, 0.2) is 0 Å². The molecule has 68 valence electrons. The highest BCUT2D eigenvalue weighted by Crippen LogP contribution is 2.15. The van der Waals surface area contributed by atoms with Crippen LogP contribution in [0.3, 0.4) is 0 Å². The number of hydrogen-bond donors (Lipinski definition) is 1. The molecule has 2 heterocycles. The molecule has 0 unspecified atom stereocenters. The van der Waals surface area contributed by atoms with Crippen molar-refractivity contribution in [3.63, 3.8) is 0 Å². The van der Waals surface area contributed by atoms with Crippen molar-refractivity contribution in [1.29, 1.82) is 0 Å². The first-order chi connectivity index (χ1) is 6.22. The minimum Gasteiger partial charge on any atom is -0.383 e. The first kappa shape index (κ1) is 8.04. The minimum atomic E-state index is -0.306. The summed E-state index contributed by atoms with van der Waals surface area (Å²) < 4.78 is 14.4. The Balaban J connectivity index is 2.77. The highest BCUT2D eigenvalue weighted by molar-refractivity contribution is 5.52. The van der Waals surface area contributed by atoms with E-state index in [1.807, 2.05) is 6.92 Å². The quantitative estimate of drug-likeness (QED) is 0.722. The Morgan fingerprint density at radius 1 is 1.54 bits per heavy atom. The lowest BCUT2D eigenvalue weighted by Gasteiger charge is -1.95. The number of pyridine rings is 1. The average molecular weight is 179 g/mol. The Labute approximate surface area is 75.0 Å². The van der Waals surface area contributed by atoms with Gasteiger partial charge in [0.25, 0.3) is 0 Å². The molecule has 0 fully saturated rings. The number of nitrogens with zero attached hydrogens (tertiary/aromatic N) is 2. The molecule has 0 saturated heterocycles. The van der Waals surface area contributed by atoms with Gasteiger partial charge in [-0.3, -0.25) is 4.40 Å². The Kier molecular flexibility index (Phi) is 1.69. The molecule has 2 N–H and O–H groups in total. The zero-order valence-electron chi connectivity index (χ0n) is 7.29. The maximum absolute atomic E-state index is 12.8. The normalized spacial score (nSPS) is 10.9. The average Bonchev–Trinajstić information content (AvgIpc) is 2.44. The Morgan fingerprint density at radius 3 is 3.00 bits per heavy atom. The Bertz CT molecular complexity index is 447. The van der Waals surface area contributed by atoms with Gasteiger partial charge in [0, 0.05) is 6.20 Å². The molecule has 3 nitrogen and oxygen atoms in total. The second-order valence-electron chi connectivity index (χ2n) is 2.87. The molecule has 0 aliphatic carbocycles. The molecule has 4 heteroatoms. The molecule has 0 amide bonds. The number of nitrogens with two attached hydrogens (primary N) is 1. The van der Waals surface area contributed by atoms with E-state index in [0.717, 1.165) is 12.1 Å². The lowest BCUT2D eigenvalue weighted by Crippen LogP contribution is -1.95. The maximum atomic E-state index is 12.8. The fraction of sp³-hybridized carbons (Fsp3) is 0.222. The molecule has 2 rings (SSSR count). The van der Waals surface area contributed by atoms with E-state index in [1.165, 1.54) is 12.3 Å². The molecular formula is C9H10FN3. The van der Waals surface area contributed by atoms with Crippen LogP contribution in [0.4, 0.5) is 10.2 Å². The van der Waals surface area contributed by atoms with E-state index in [0.29, 0.717) is 11.5 Å². The first-order valence-corrected chi connectivity index (χ1v) is 4.14. The van der Waals surface area contributed by atoms with Crippen molar-refractivity contribution < 1.29 is 4.39 Å². The largest absolute Gasteiger partial charge is 0.383 e. The highest BCUT2D eigenvalue weighted by atomic mass is 19.1. The zero-order chi connectivity index (χ0) is 9.42. The number of imidazole rings is 1. The number of hydrogen-bond acceptors (Lipinski definition) is 2. The summed E-state index contributed by atoms with van der Waals surface area (Å²) in [5.41, 5.74) is 7.25. The standard InChI is InChI=1S/C9H10FN3/c1-2-7-9(11)13-5-6(10)3-4-8(13)12-7/h3-5H,2,11H2,1H3. The Morgan fingerprint density at radius 2 is 2.31 bits per heavy atom. The van der Waals surface area contributed by atoms with Crippen molar-refractivity contribution in [3.8, 4) is 0 Å². The second-order valence-corrected chi connectivity index (χ2v) is 2.87.